The van der Waals surface area contributed by atoms with E-state index in [1.54, 1.807) is 31.2 Å². The van der Waals surface area contributed by atoms with Crippen LogP contribution in [0, 0.1) is 5.92 Å². The molecule has 1 aliphatic rings. The van der Waals surface area contributed by atoms with Crippen molar-refractivity contribution < 1.29 is 19.4 Å². The van der Waals surface area contributed by atoms with E-state index in [0.717, 1.165) is 17.7 Å². The molecule has 0 heterocycles. The van der Waals surface area contributed by atoms with Crippen molar-refractivity contribution in [3.8, 4) is 0 Å². The van der Waals surface area contributed by atoms with E-state index in [-0.39, 0.29) is 23.8 Å². The van der Waals surface area contributed by atoms with Gasteiger partial charge >= 0.3 is 12.0 Å². The monoisotopic (exact) mass is 411 g/mol. The minimum absolute atomic E-state index is 0.0610. The van der Waals surface area contributed by atoms with Crippen molar-refractivity contribution in [2.24, 2.45) is 22.4 Å². The lowest BCUT2D eigenvalue weighted by atomic mass is 10.1. The van der Waals surface area contributed by atoms with Gasteiger partial charge in [-0.2, -0.15) is 0 Å². The largest absolute Gasteiger partial charge is 0.466 e. The lowest BCUT2D eigenvalue weighted by Crippen LogP contribution is -2.39. The van der Waals surface area contributed by atoms with Crippen molar-refractivity contribution in [2.75, 3.05) is 11.9 Å². The number of rotatable bonds is 7. The molecular weight excluding hydrogens is 386 g/mol. The van der Waals surface area contributed by atoms with E-state index < -0.39 is 12.3 Å². The zero-order chi connectivity index (χ0) is 21.7. The molecule has 3 unspecified atom stereocenters. The van der Waals surface area contributed by atoms with Crippen molar-refractivity contribution in [3.05, 3.63) is 59.7 Å². The Morgan fingerprint density at radius 1 is 1.23 bits per heavy atom. The fourth-order valence-electron chi connectivity index (χ4n) is 3.20. The highest BCUT2D eigenvalue weighted by molar-refractivity contribution is 5.95. The summed E-state index contributed by atoms with van der Waals surface area (Å²) in [4.78, 5) is 26.6. The van der Waals surface area contributed by atoms with Gasteiger partial charge in [-0.05, 0) is 49.1 Å². The topological polar surface area (TPSA) is 152 Å². The number of nitrogens with two attached hydrogens (primary N) is 2. The Hall–Kier alpha value is -3.59. The molecule has 0 aromatic heterocycles. The van der Waals surface area contributed by atoms with Gasteiger partial charge in [-0.3, -0.25) is 10.1 Å². The third-order valence-corrected chi connectivity index (χ3v) is 4.71. The second-order valence-corrected chi connectivity index (χ2v) is 6.95. The summed E-state index contributed by atoms with van der Waals surface area (Å²) in [6.07, 6.45) is -0.181. The van der Waals surface area contributed by atoms with Crippen LogP contribution in [0.25, 0.3) is 0 Å². The van der Waals surface area contributed by atoms with Crippen molar-refractivity contribution >= 4 is 29.3 Å². The van der Waals surface area contributed by atoms with Gasteiger partial charge in [-0.1, -0.05) is 24.3 Å². The first-order chi connectivity index (χ1) is 14.4. The van der Waals surface area contributed by atoms with Gasteiger partial charge in [0.15, 0.2) is 6.23 Å². The zero-order valence-corrected chi connectivity index (χ0v) is 16.5. The Kier molecular flexibility index (Phi) is 6.53. The molecule has 1 aliphatic carbocycles. The molecule has 3 atom stereocenters. The van der Waals surface area contributed by atoms with E-state index in [4.69, 9.17) is 16.2 Å². The number of carbonyl (C=O) groups excluding carboxylic acids is 2. The molecule has 9 heteroatoms. The summed E-state index contributed by atoms with van der Waals surface area (Å²) in [6.45, 7) is 2.19. The number of nitrogens with zero attached hydrogens (tertiary/aromatic N) is 1. The fraction of sp³-hybridized carbons (Fsp3) is 0.286. The molecule has 2 amide bonds. The number of amides is 2. The molecule has 3 rings (SSSR count). The van der Waals surface area contributed by atoms with E-state index in [1.165, 1.54) is 0 Å². The van der Waals surface area contributed by atoms with Crippen LogP contribution >= 0.6 is 0 Å². The minimum Gasteiger partial charge on any atom is -0.466 e. The first kappa shape index (κ1) is 21.1. The van der Waals surface area contributed by atoms with E-state index in [1.807, 2.05) is 24.3 Å². The number of aliphatic imine (C=N–C) groups is 1. The molecule has 1 saturated carbocycles. The smallest absolute Gasteiger partial charge is 0.318 e. The number of urea groups is 1. The lowest BCUT2D eigenvalue weighted by molar-refractivity contribution is -0.144. The number of guanidine groups is 1. The van der Waals surface area contributed by atoms with E-state index in [2.05, 4.69) is 15.6 Å². The number of carbonyl (C=O) groups is 2. The number of aliphatic hydroxyl groups is 1. The first-order valence-corrected chi connectivity index (χ1v) is 9.59. The molecule has 0 bridgehead atoms. The summed E-state index contributed by atoms with van der Waals surface area (Å²) in [6, 6.07) is 13.5. The molecule has 30 heavy (non-hydrogen) atoms. The van der Waals surface area contributed by atoms with Crippen LogP contribution in [0.2, 0.25) is 0 Å². The predicted octanol–water partition coefficient (Wildman–Crippen LogP) is 2.07. The number of primary amides is 1. The molecule has 0 radical (unpaired) electrons. The normalized spacial score (nSPS) is 18.9. The summed E-state index contributed by atoms with van der Waals surface area (Å²) in [7, 11) is 0. The number of hydrogen-bond donors (Lipinski definition) is 5. The van der Waals surface area contributed by atoms with Crippen molar-refractivity contribution in [3.63, 3.8) is 0 Å². The second kappa shape index (κ2) is 9.27. The Labute approximate surface area is 174 Å². The van der Waals surface area contributed by atoms with Gasteiger partial charge in [0.1, 0.15) is 0 Å². The third kappa shape index (κ3) is 5.48. The molecular formula is C21H25N5O4. The molecule has 158 valence electrons. The molecule has 2 aromatic rings. The summed E-state index contributed by atoms with van der Waals surface area (Å²) in [5.74, 6) is -0.153. The van der Waals surface area contributed by atoms with Gasteiger partial charge in [0.25, 0.3) is 0 Å². The Morgan fingerprint density at radius 3 is 2.63 bits per heavy atom. The third-order valence-electron chi connectivity index (χ3n) is 4.71. The number of nitrogens with one attached hydrogen (secondary N) is 2. The van der Waals surface area contributed by atoms with Crippen LogP contribution < -0.4 is 22.1 Å². The number of esters is 1. The maximum atomic E-state index is 11.8. The number of anilines is 1. The van der Waals surface area contributed by atoms with Crippen molar-refractivity contribution in [1.82, 2.24) is 5.32 Å². The number of ether oxygens (including phenoxy) is 1. The zero-order valence-electron chi connectivity index (χ0n) is 16.5. The van der Waals surface area contributed by atoms with E-state index in [9.17, 15) is 14.7 Å². The van der Waals surface area contributed by atoms with E-state index in [0.29, 0.717) is 17.9 Å². The van der Waals surface area contributed by atoms with Crippen molar-refractivity contribution in [1.29, 1.82) is 0 Å². The lowest BCUT2D eigenvalue weighted by Gasteiger charge is -2.15. The Bertz CT molecular complexity index is 945. The van der Waals surface area contributed by atoms with Gasteiger partial charge in [-0.25, -0.2) is 9.79 Å². The summed E-state index contributed by atoms with van der Waals surface area (Å²) in [5, 5.41) is 15.7. The number of benzene rings is 2. The molecule has 1 fully saturated rings. The fourth-order valence-corrected chi connectivity index (χ4v) is 3.20. The number of aliphatic hydroxyl groups excluding tert-OH is 1. The minimum atomic E-state index is -0.982. The highest BCUT2D eigenvalue weighted by Gasteiger charge is 2.45. The quantitative estimate of drug-likeness (QED) is 0.203. The average molecular weight is 411 g/mol. The second-order valence-electron chi connectivity index (χ2n) is 6.95. The average Bonchev–Trinajstić information content (AvgIpc) is 3.49. The van der Waals surface area contributed by atoms with Crippen molar-refractivity contribution in [2.45, 2.75) is 25.5 Å². The van der Waals surface area contributed by atoms with Crippen LogP contribution in [0.3, 0.4) is 0 Å². The van der Waals surface area contributed by atoms with Crippen LogP contribution in [0.5, 0.6) is 0 Å². The van der Waals surface area contributed by atoms with Crippen LogP contribution in [0.4, 0.5) is 16.2 Å². The van der Waals surface area contributed by atoms with E-state index >= 15 is 0 Å². The number of hydrogen-bond acceptors (Lipinski definition) is 6. The summed E-state index contributed by atoms with van der Waals surface area (Å²) >= 11 is 0. The molecule has 9 nitrogen and oxygen atoms in total. The molecule has 0 aliphatic heterocycles. The van der Waals surface area contributed by atoms with Gasteiger partial charge in [0.05, 0.1) is 18.2 Å². The highest BCUT2D eigenvalue weighted by Crippen LogP contribution is 2.48. The Balaban J connectivity index is 1.61. The van der Waals surface area contributed by atoms with Crippen LogP contribution in [0.1, 0.15) is 36.6 Å². The van der Waals surface area contributed by atoms with Crippen LogP contribution in [0.15, 0.2) is 53.5 Å². The molecule has 7 N–H and O–H groups in total. The highest BCUT2D eigenvalue weighted by atomic mass is 16.5. The van der Waals surface area contributed by atoms with Gasteiger partial charge in [0, 0.05) is 11.3 Å². The van der Waals surface area contributed by atoms with Crippen LogP contribution in [-0.4, -0.2) is 29.7 Å². The predicted molar refractivity (Wildman–Crippen MR) is 113 cm³/mol. The molecule has 2 aromatic carbocycles. The maximum Gasteiger partial charge on any atom is 0.318 e. The standard InChI is InChI=1S/C21H25N5O4/c1-2-30-19(28)17-11-16(17)12-6-8-14(9-7-12)24-18(27)13-4-3-5-15(10-13)25-20(22)26-21(23)29/h3-10,16-18,24,27H,2,11H2,1H3,(H5,22,23,25,26,29). The molecule has 0 saturated heterocycles. The summed E-state index contributed by atoms with van der Waals surface area (Å²) in [5.41, 5.74) is 13.4. The van der Waals surface area contributed by atoms with Gasteiger partial charge in [-0.15, -0.1) is 0 Å². The maximum absolute atomic E-state index is 11.8. The van der Waals surface area contributed by atoms with Gasteiger partial charge in [0.2, 0.25) is 5.96 Å². The first-order valence-electron chi connectivity index (χ1n) is 9.59. The van der Waals surface area contributed by atoms with Gasteiger partial charge < -0.3 is 26.6 Å². The molecule has 0 spiro atoms. The van der Waals surface area contributed by atoms with Crippen LogP contribution in [-0.2, 0) is 9.53 Å². The Morgan fingerprint density at radius 2 is 1.97 bits per heavy atom. The summed E-state index contributed by atoms with van der Waals surface area (Å²) < 4.78 is 5.07. The SMILES string of the molecule is CCOC(=O)C1CC1c1ccc(NC(O)c2cccc(N=C(N)NC(N)=O)c2)cc1.